The maximum absolute atomic E-state index is 12.8. The van der Waals surface area contributed by atoms with Crippen LogP contribution in [0, 0.1) is 0 Å². The van der Waals surface area contributed by atoms with Crippen LogP contribution in [0.5, 0.6) is 0 Å². The Morgan fingerprint density at radius 1 is 0.900 bits per heavy atom. The van der Waals surface area contributed by atoms with Crippen LogP contribution in [0.4, 0.5) is 4.79 Å². The zero-order chi connectivity index (χ0) is 13.9. The van der Waals surface area contributed by atoms with E-state index in [0.717, 1.165) is 25.7 Å². The molecule has 2 saturated carbocycles. The SMILES string of the molecule is O=C1N(C2CCCCC2)C=CC(O)N1C1CCCCC1. The van der Waals surface area contributed by atoms with Gasteiger partial charge in [0.15, 0.2) is 6.23 Å². The zero-order valence-electron chi connectivity index (χ0n) is 12.2. The van der Waals surface area contributed by atoms with Crippen molar-refractivity contribution in [2.45, 2.75) is 82.5 Å². The summed E-state index contributed by atoms with van der Waals surface area (Å²) < 4.78 is 0. The van der Waals surface area contributed by atoms with Gasteiger partial charge in [0.1, 0.15) is 0 Å². The predicted octanol–water partition coefficient (Wildman–Crippen LogP) is 3.22. The minimum absolute atomic E-state index is 0.0267. The Morgan fingerprint density at radius 2 is 1.45 bits per heavy atom. The van der Waals surface area contributed by atoms with Crippen molar-refractivity contribution in [2.24, 2.45) is 0 Å². The second-order valence-electron chi connectivity index (χ2n) is 6.44. The van der Waals surface area contributed by atoms with Gasteiger partial charge in [-0.2, -0.15) is 0 Å². The summed E-state index contributed by atoms with van der Waals surface area (Å²) in [6.45, 7) is 0. The Balaban J connectivity index is 1.73. The molecule has 3 rings (SSSR count). The van der Waals surface area contributed by atoms with E-state index in [9.17, 15) is 9.90 Å². The fraction of sp³-hybridized carbons (Fsp3) is 0.812. The molecular formula is C16H26N2O2. The second kappa shape index (κ2) is 6.17. The smallest absolute Gasteiger partial charge is 0.326 e. The van der Waals surface area contributed by atoms with Gasteiger partial charge in [-0.25, -0.2) is 4.79 Å². The van der Waals surface area contributed by atoms with Crippen molar-refractivity contribution >= 4 is 6.03 Å². The van der Waals surface area contributed by atoms with Crippen LogP contribution in [-0.2, 0) is 0 Å². The van der Waals surface area contributed by atoms with Gasteiger partial charge in [0.25, 0.3) is 0 Å². The summed E-state index contributed by atoms with van der Waals surface area (Å²) in [7, 11) is 0. The van der Waals surface area contributed by atoms with Crippen molar-refractivity contribution in [3.05, 3.63) is 12.3 Å². The summed E-state index contributed by atoms with van der Waals surface area (Å²) in [5.74, 6) is 0. The molecule has 1 heterocycles. The quantitative estimate of drug-likeness (QED) is 0.843. The second-order valence-corrected chi connectivity index (χ2v) is 6.44. The lowest BCUT2D eigenvalue weighted by Crippen LogP contribution is -2.56. The highest BCUT2D eigenvalue weighted by molar-refractivity contribution is 5.78. The largest absolute Gasteiger partial charge is 0.370 e. The lowest BCUT2D eigenvalue weighted by Gasteiger charge is -2.44. The van der Waals surface area contributed by atoms with Crippen LogP contribution in [0.1, 0.15) is 64.2 Å². The van der Waals surface area contributed by atoms with E-state index in [4.69, 9.17) is 0 Å². The number of carbonyl (C=O) groups is 1. The van der Waals surface area contributed by atoms with Gasteiger partial charge in [-0.3, -0.25) is 9.80 Å². The molecule has 1 N–H and O–H groups in total. The van der Waals surface area contributed by atoms with Crippen molar-refractivity contribution in [3.63, 3.8) is 0 Å². The molecule has 1 atom stereocenters. The monoisotopic (exact) mass is 278 g/mol. The molecule has 0 spiro atoms. The van der Waals surface area contributed by atoms with Gasteiger partial charge in [-0.1, -0.05) is 38.5 Å². The number of carbonyl (C=O) groups excluding carboxylic acids is 1. The van der Waals surface area contributed by atoms with Crippen LogP contribution in [-0.4, -0.2) is 39.2 Å². The van der Waals surface area contributed by atoms with E-state index in [0.29, 0.717) is 6.04 Å². The third-order valence-corrected chi connectivity index (χ3v) is 5.08. The molecular weight excluding hydrogens is 252 g/mol. The van der Waals surface area contributed by atoms with Crippen LogP contribution in [0.2, 0.25) is 0 Å². The van der Waals surface area contributed by atoms with Crippen molar-refractivity contribution in [3.8, 4) is 0 Å². The lowest BCUT2D eigenvalue weighted by atomic mass is 9.92. The fourth-order valence-corrected chi connectivity index (χ4v) is 3.94. The number of amides is 2. The first-order valence-electron chi connectivity index (χ1n) is 8.24. The van der Waals surface area contributed by atoms with Crippen LogP contribution < -0.4 is 0 Å². The number of aliphatic hydroxyl groups is 1. The van der Waals surface area contributed by atoms with Crippen molar-refractivity contribution in [1.29, 1.82) is 0 Å². The molecule has 4 heteroatoms. The number of rotatable bonds is 2. The zero-order valence-corrected chi connectivity index (χ0v) is 12.2. The Bertz CT molecular complexity index is 371. The molecule has 2 amide bonds. The highest BCUT2D eigenvalue weighted by atomic mass is 16.3. The standard InChI is InChI=1S/C16H26N2O2/c19-15-11-12-17(13-7-3-1-4-8-13)16(20)18(15)14-9-5-2-6-10-14/h11-15,19H,1-10H2. The summed E-state index contributed by atoms with van der Waals surface area (Å²) in [4.78, 5) is 16.4. The first-order chi connectivity index (χ1) is 9.77. The summed E-state index contributed by atoms with van der Waals surface area (Å²) in [5.41, 5.74) is 0. The molecule has 4 nitrogen and oxygen atoms in total. The minimum Gasteiger partial charge on any atom is -0.370 e. The molecule has 0 saturated heterocycles. The van der Waals surface area contributed by atoms with E-state index in [1.54, 1.807) is 11.0 Å². The number of aliphatic hydroxyl groups excluding tert-OH is 1. The van der Waals surface area contributed by atoms with Gasteiger partial charge in [-0.05, 0) is 31.8 Å². The molecule has 1 unspecified atom stereocenters. The Morgan fingerprint density at radius 3 is 2.05 bits per heavy atom. The number of hydrogen-bond acceptors (Lipinski definition) is 2. The maximum Gasteiger partial charge on any atom is 0.326 e. The third-order valence-electron chi connectivity index (χ3n) is 5.08. The van der Waals surface area contributed by atoms with Crippen LogP contribution >= 0.6 is 0 Å². The molecule has 0 aromatic heterocycles. The Hall–Kier alpha value is -1.03. The average molecular weight is 278 g/mol. The molecule has 0 aromatic carbocycles. The number of hydrogen-bond donors (Lipinski definition) is 1. The first kappa shape index (κ1) is 13.9. The molecule has 1 aliphatic heterocycles. The molecule has 0 aromatic rings. The minimum atomic E-state index is -0.731. The maximum atomic E-state index is 12.8. The van der Waals surface area contributed by atoms with Gasteiger partial charge >= 0.3 is 6.03 Å². The highest BCUT2D eigenvalue weighted by Crippen LogP contribution is 2.30. The van der Waals surface area contributed by atoms with Gasteiger partial charge in [0.2, 0.25) is 0 Å². The third kappa shape index (κ3) is 2.71. The van der Waals surface area contributed by atoms with Gasteiger partial charge in [0, 0.05) is 18.3 Å². The van der Waals surface area contributed by atoms with E-state index >= 15 is 0 Å². The van der Waals surface area contributed by atoms with E-state index < -0.39 is 6.23 Å². The van der Waals surface area contributed by atoms with Crippen molar-refractivity contribution < 1.29 is 9.90 Å². The number of urea groups is 1. The highest BCUT2D eigenvalue weighted by Gasteiger charge is 2.37. The van der Waals surface area contributed by atoms with Crippen molar-refractivity contribution in [1.82, 2.24) is 9.80 Å². The van der Waals surface area contributed by atoms with E-state index in [1.807, 2.05) is 11.1 Å². The molecule has 0 bridgehead atoms. The van der Waals surface area contributed by atoms with E-state index in [-0.39, 0.29) is 12.1 Å². The first-order valence-corrected chi connectivity index (χ1v) is 8.24. The van der Waals surface area contributed by atoms with Crippen LogP contribution in [0.15, 0.2) is 12.3 Å². The summed E-state index contributed by atoms with van der Waals surface area (Å²) in [6, 6.07) is 0.590. The molecule has 0 radical (unpaired) electrons. The fourth-order valence-electron chi connectivity index (χ4n) is 3.94. The van der Waals surface area contributed by atoms with Crippen LogP contribution in [0.25, 0.3) is 0 Å². The van der Waals surface area contributed by atoms with Crippen molar-refractivity contribution in [2.75, 3.05) is 0 Å². The summed E-state index contributed by atoms with van der Waals surface area (Å²) >= 11 is 0. The molecule has 20 heavy (non-hydrogen) atoms. The van der Waals surface area contributed by atoms with Gasteiger partial charge in [-0.15, -0.1) is 0 Å². The summed E-state index contributed by atoms with van der Waals surface area (Å²) in [6.07, 6.45) is 14.5. The molecule has 3 aliphatic rings. The molecule has 112 valence electrons. The average Bonchev–Trinajstić information content (AvgIpc) is 2.49. The predicted molar refractivity (Wildman–Crippen MR) is 78.0 cm³/mol. The number of nitrogens with zero attached hydrogens (tertiary/aromatic N) is 2. The van der Waals surface area contributed by atoms with E-state index in [2.05, 4.69) is 0 Å². The lowest BCUT2D eigenvalue weighted by molar-refractivity contribution is 0.00368. The summed E-state index contributed by atoms with van der Waals surface area (Å²) in [5, 5.41) is 10.2. The van der Waals surface area contributed by atoms with Crippen LogP contribution in [0.3, 0.4) is 0 Å². The normalized spacial score (nSPS) is 30.1. The Kier molecular flexibility index (Phi) is 4.29. The molecule has 2 fully saturated rings. The Labute approximate surface area is 121 Å². The topological polar surface area (TPSA) is 43.8 Å². The molecule has 2 aliphatic carbocycles. The van der Waals surface area contributed by atoms with Gasteiger partial charge < -0.3 is 5.11 Å². The van der Waals surface area contributed by atoms with Gasteiger partial charge in [0.05, 0.1) is 0 Å². The van der Waals surface area contributed by atoms with E-state index in [1.165, 1.54) is 38.5 Å².